The van der Waals surface area contributed by atoms with E-state index in [1.54, 1.807) is 12.1 Å². The van der Waals surface area contributed by atoms with Gasteiger partial charge in [0.25, 0.3) is 0 Å². The van der Waals surface area contributed by atoms with Crippen molar-refractivity contribution >= 4 is 0 Å². The van der Waals surface area contributed by atoms with Crippen molar-refractivity contribution < 1.29 is 18.3 Å². The first-order valence-corrected chi connectivity index (χ1v) is 7.63. The van der Waals surface area contributed by atoms with Crippen LogP contribution < -0.4 is 0 Å². The maximum atomic E-state index is 12.7. The van der Waals surface area contributed by atoms with Crippen LogP contribution in [0, 0.1) is 0 Å². The van der Waals surface area contributed by atoms with Crippen LogP contribution in [0.15, 0.2) is 61.2 Å². The van der Waals surface area contributed by atoms with Gasteiger partial charge in [-0.25, -0.2) is 0 Å². The highest BCUT2D eigenvalue weighted by Gasteiger charge is 2.33. The molecule has 0 saturated carbocycles. The van der Waals surface area contributed by atoms with Crippen LogP contribution in [0.5, 0.6) is 0 Å². The summed E-state index contributed by atoms with van der Waals surface area (Å²) in [7, 11) is 0. The molecule has 2 aromatic rings. The molecule has 1 atom stereocenters. The fraction of sp³-hybridized carbons (Fsp3) is 0.300. The zero-order chi connectivity index (χ0) is 18.2. The molecule has 0 fully saturated rings. The van der Waals surface area contributed by atoms with Gasteiger partial charge in [0.05, 0.1) is 5.56 Å². The van der Waals surface area contributed by atoms with Gasteiger partial charge in [-0.2, -0.15) is 13.2 Å². The molecule has 0 saturated heterocycles. The van der Waals surface area contributed by atoms with E-state index < -0.39 is 17.3 Å². The number of rotatable bonds is 3. The fourth-order valence-electron chi connectivity index (χ4n) is 2.54. The molecule has 4 heteroatoms. The topological polar surface area (TPSA) is 20.2 Å². The van der Waals surface area contributed by atoms with Gasteiger partial charge in [0.15, 0.2) is 0 Å². The summed E-state index contributed by atoms with van der Waals surface area (Å²) in [6.45, 7) is 9.90. The molecule has 0 heterocycles. The molecule has 2 rings (SSSR count). The lowest BCUT2D eigenvalue weighted by molar-refractivity contribution is -0.137. The van der Waals surface area contributed by atoms with Crippen molar-refractivity contribution in [1.82, 2.24) is 0 Å². The first kappa shape index (κ1) is 18.3. The van der Waals surface area contributed by atoms with Crippen molar-refractivity contribution in [2.24, 2.45) is 0 Å². The molecular weight excluding hydrogens is 313 g/mol. The molecule has 24 heavy (non-hydrogen) atoms. The minimum absolute atomic E-state index is 0.0286. The lowest BCUT2D eigenvalue weighted by atomic mass is 9.82. The standard InChI is InChI=1S/C20H21F3O/c1-5-19(24,15-8-6-14(7-9-15)18(2,3)4)16-10-12-17(13-11-16)20(21,22)23/h5-13,24H,1H2,2-4H3. The molecule has 0 aliphatic heterocycles. The Bertz CT molecular complexity index is 647. The Balaban J connectivity index is 2.43. The minimum Gasteiger partial charge on any atom is -0.377 e. The summed E-state index contributed by atoms with van der Waals surface area (Å²) in [5, 5.41) is 11.0. The van der Waals surface area contributed by atoms with Crippen LogP contribution in [0.4, 0.5) is 13.2 Å². The van der Waals surface area contributed by atoms with E-state index in [4.69, 9.17) is 0 Å². The Labute approximate surface area is 140 Å². The Morgan fingerprint density at radius 3 is 1.38 bits per heavy atom. The van der Waals surface area contributed by atoms with E-state index in [0.29, 0.717) is 11.1 Å². The molecule has 0 amide bonds. The van der Waals surface area contributed by atoms with Gasteiger partial charge in [-0.05, 0) is 34.2 Å². The number of hydrogen-bond donors (Lipinski definition) is 1. The highest BCUT2D eigenvalue weighted by molar-refractivity contribution is 5.43. The van der Waals surface area contributed by atoms with Crippen LogP contribution in [-0.2, 0) is 17.2 Å². The van der Waals surface area contributed by atoms with Gasteiger partial charge in [0.1, 0.15) is 5.60 Å². The van der Waals surface area contributed by atoms with E-state index in [2.05, 4.69) is 27.4 Å². The molecule has 0 radical (unpaired) electrons. The number of hydrogen-bond acceptors (Lipinski definition) is 1. The third-order valence-electron chi connectivity index (χ3n) is 4.14. The van der Waals surface area contributed by atoms with Crippen molar-refractivity contribution in [2.45, 2.75) is 38.0 Å². The van der Waals surface area contributed by atoms with E-state index in [9.17, 15) is 18.3 Å². The summed E-state index contributed by atoms with van der Waals surface area (Å²) in [6, 6.07) is 11.9. The predicted molar refractivity (Wildman–Crippen MR) is 89.8 cm³/mol. The maximum Gasteiger partial charge on any atom is 0.416 e. The fourth-order valence-corrected chi connectivity index (χ4v) is 2.54. The number of aliphatic hydroxyl groups is 1. The van der Waals surface area contributed by atoms with Gasteiger partial charge >= 0.3 is 6.18 Å². The first-order chi connectivity index (χ1) is 11.0. The Morgan fingerprint density at radius 2 is 1.08 bits per heavy atom. The second-order valence-corrected chi connectivity index (χ2v) is 6.87. The molecule has 1 nitrogen and oxygen atoms in total. The number of benzene rings is 2. The average Bonchev–Trinajstić information content (AvgIpc) is 2.53. The van der Waals surface area contributed by atoms with Crippen LogP contribution in [0.3, 0.4) is 0 Å². The van der Waals surface area contributed by atoms with Crippen LogP contribution in [-0.4, -0.2) is 5.11 Å². The van der Waals surface area contributed by atoms with E-state index >= 15 is 0 Å². The predicted octanol–water partition coefficient (Wildman–Crippen LogP) is 5.42. The number of alkyl halides is 3. The Morgan fingerprint density at radius 1 is 0.750 bits per heavy atom. The minimum atomic E-state index is -4.40. The summed E-state index contributed by atoms with van der Waals surface area (Å²) in [5.74, 6) is 0. The van der Waals surface area contributed by atoms with E-state index in [1.807, 2.05) is 12.1 Å². The molecule has 0 aromatic heterocycles. The van der Waals surface area contributed by atoms with E-state index in [-0.39, 0.29) is 5.41 Å². The van der Waals surface area contributed by atoms with Crippen molar-refractivity contribution in [3.63, 3.8) is 0 Å². The van der Waals surface area contributed by atoms with Crippen molar-refractivity contribution in [3.05, 3.63) is 83.4 Å². The monoisotopic (exact) mass is 334 g/mol. The Hall–Kier alpha value is -2.07. The smallest absolute Gasteiger partial charge is 0.377 e. The molecule has 1 unspecified atom stereocenters. The summed E-state index contributed by atoms with van der Waals surface area (Å²) in [5.41, 5.74) is -0.315. The molecule has 0 aliphatic carbocycles. The van der Waals surface area contributed by atoms with Gasteiger partial charge in [-0.15, -0.1) is 0 Å². The summed E-state index contributed by atoms with van der Waals surface area (Å²) >= 11 is 0. The zero-order valence-corrected chi connectivity index (χ0v) is 14.0. The Kier molecular flexibility index (Phi) is 4.64. The highest BCUT2D eigenvalue weighted by Crippen LogP contribution is 2.35. The van der Waals surface area contributed by atoms with E-state index in [1.165, 1.54) is 18.2 Å². The SMILES string of the molecule is C=CC(O)(c1ccc(C(C)(C)C)cc1)c1ccc(C(F)(F)F)cc1. The normalized spacial score (nSPS) is 15.0. The first-order valence-electron chi connectivity index (χ1n) is 7.63. The van der Waals surface area contributed by atoms with Gasteiger partial charge in [-0.1, -0.05) is 69.8 Å². The summed E-state index contributed by atoms with van der Waals surface area (Å²) in [4.78, 5) is 0. The molecule has 0 bridgehead atoms. The zero-order valence-electron chi connectivity index (χ0n) is 14.0. The second-order valence-electron chi connectivity index (χ2n) is 6.87. The molecule has 0 spiro atoms. The molecular formula is C20H21F3O. The third kappa shape index (κ3) is 3.54. The molecule has 0 aliphatic rings. The lowest BCUT2D eigenvalue weighted by Gasteiger charge is -2.27. The van der Waals surface area contributed by atoms with Gasteiger partial charge in [-0.3, -0.25) is 0 Å². The summed E-state index contributed by atoms with van der Waals surface area (Å²) < 4.78 is 38.1. The van der Waals surface area contributed by atoms with Crippen LogP contribution in [0.1, 0.15) is 43.0 Å². The average molecular weight is 334 g/mol. The quantitative estimate of drug-likeness (QED) is 0.743. The van der Waals surface area contributed by atoms with Crippen LogP contribution >= 0.6 is 0 Å². The molecule has 1 N–H and O–H groups in total. The lowest BCUT2D eigenvalue weighted by Crippen LogP contribution is -2.24. The van der Waals surface area contributed by atoms with Gasteiger partial charge < -0.3 is 5.11 Å². The van der Waals surface area contributed by atoms with Crippen molar-refractivity contribution in [1.29, 1.82) is 0 Å². The molecule has 128 valence electrons. The van der Waals surface area contributed by atoms with Crippen LogP contribution in [0.2, 0.25) is 0 Å². The van der Waals surface area contributed by atoms with Crippen molar-refractivity contribution in [2.75, 3.05) is 0 Å². The third-order valence-corrected chi connectivity index (χ3v) is 4.14. The van der Waals surface area contributed by atoms with Gasteiger partial charge in [0, 0.05) is 0 Å². The largest absolute Gasteiger partial charge is 0.416 e. The van der Waals surface area contributed by atoms with E-state index in [0.717, 1.165) is 17.7 Å². The number of halogens is 3. The van der Waals surface area contributed by atoms with Crippen LogP contribution in [0.25, 0.3) is 0 Å². The van der Waals surface area contributed by atoms with Crippen molar-refractivity contribution in [3.8, 4) is 0 Å². The maximum absolute atomic E-state index is 12.7. The summed E-state index contributed by atoms with van der Waals surface area (Å²) in [6.07, 6.45) is -3.07. The second kappa shape index (κ2) is 6.10. The van der Waals surface area contributed by atoms with Gasteiger partial charge in [0.2, 0.25) is 0 Å². The highest BCUT2D eigenvalue weighted by atomic mass is 19.4. The molecule has 2 aromatic carbocycles.